The first-order valence-electron chi connectivity index (χ1n) is 17.9. The molecule has 7 rings (SSSR count). The zero-order valence-electron chi connectivity index (χ0n) is 30.1. The van der Waals surface area contributed by atoms with Crippen LogP contribution in [0.15, 0.2) is 121 Å². The van der Waals surface area contributed by atoms with Crippen molar-refractivity contribution in [1.29, 1.82) is 0 Å². The van der Waals surface area contributed by atoms with Crippen LogP contribution < -0.4 is 16.0 Å². The standard InChI is InChI=1S/C44H48N6/c1-7-42(3,4)39-47-40(45-32-16-10-9-11-17-32)49-41(48-39)46-33-26-22-30(23-27-33)44(31-24-28-34(29-25-31)50-43(5,6)8-2)37-20-14-12-18-35(37)36-19-13-15-21-38(36)44/h9-16,18-29,32,50H,7-8,17H2,1-6H3,(H2,45,46,47,48,49). The van der Waals surface area contributed by atoms with E-state index >= 15 is 0 Å². The van der Waals surface area contributed by atoms with Crippen molar-refractivity contribution < 1.29 is 0 Å². The van der Waals surface area contributed by atoms with Gasteiger partial charge in [0.25, 0.3) is 0 Å². The Hall–Kier alpha value is -5.23. The lowest BCUT2D eigenvalue weighted by Gasteiger charge is -2.34. The molecule has 6 nitrogen and oxygen atoms in total. The van der Waals surface area contributed by atoms with E-state index in [-0.39, 0.29) is 17.0 Å². The topological polar surface area (TPSA) is 74.8 Å². The van der Waals surface area contributed by atoms with E-state index in [1.165, 1.54) is 33.4 Å². The Labute approximate surface area is 297 Å². The summed E-state index contributed by atoms with van der Waals surface area (Å²) in [5.41, 5.74) is 8.97. The lowest BCUT2D eigenvalue weighted by atomic mass is 9.67. The van der Waals surface area contributed by atoms with Gasteiger partial charge in [-0.05, 0) is 90.8 Å². The molecule has 50 heavy (non-hydrogen) atoms. The Morgan fingerprint density at radius 2 is 1.24 bits per heavy atom. The van der Waals surface area contributed by atoms with Crippen LogP contribution in [0, 0.1) is 0 Å². The van der Waals surface area contributed by atoms with Crippen LogP contribution in [-0.2, 0) is 10.8 Å². The molecule has 2 aliphatic rings. The smallest absolute Gasteiger partial charge is 0.232 e. The number of nitrogens with zero attached hydrogens (tertiary/aromatic N) is 3. The van der Waals surface area contributed by atoms with Gasteiger partial charge in [0.2, 0.25) is 11.9 Å². The fourth-order valence-electron chi connectivity index (χ4n) is 7.05. The van der Waals surface area contributed by atoms with Crippen LogP contribution in [0.4, 0.5) is 23.3 Å². The highest BCUT2D eigenvalue weighted by Crippen LogP contribution is 2.56. The highest BCUT2D eigenvalue weighted by Gasteiger charge is 2.45. The predicted molar refractivity (Wildman–Crippen MR) is 208 cm³/mol. The monoisotopic (exact) mass is 660 g/mol. The average Bonchev–Trinajstić information content (AvgIpc) is 3.43. The SMILES string of the molecule is CCC(C)(C)Nc1ccc(C2(c3ccc(Nc4nc(NC5C=CC=CC5)nc(C(C)(C)CC)n4)cc3)c3ccccc3-c3ccccc32)cc1. The highest BCUT2D eigenvalue weighted by molar-refractivity contribution is 5.86. The van der Waals surface area contributed by atoms with Crippen LogP contribution in [0.3, 0.4) is 0 Å². The largest absolute Gasteiger partial charge is 0.380 e. The predicted octanol–water partition coefficient (Wildman–Crippen LogP) is 10.6. The molecule has 0 aliphatic heterocycles. The van der Waals surface area contributed by atoms with Crippen LogP contribution >= 0.6 is 0 Å². The van der Waals surface area contributed by atoms with Gasteiger partial charge in [0.15, 0.2) is 0 Å². The fraction of sp³-hybridized carbons (Fsp3) is 0.295. The summed E-state index contributed by atoms with van der Waals surface area (Å²) in [4.78, 5) is 14.6. The molecule has 0 radical (unpaired) electrons. The van der Waals surface area contributed by atoms with E-state index in [9.17, 15) is 0 Å². The first-order chi connectivity index (χ1) is 24.1. The quantitative estimate of drug-likeness (QED) is 0.128. The van der Waals surface area contributed by atoms with Gasteiger partial charge in [-0.15, -0.1) is 0 Å². The number of hydrogen-bond acceptors (Lipinski definition) is 6. The number of aromatic nitrogens is 3. The molecule has 6 heteroatoms. The number of benzene rings is 4. The minimum absolute atomic E-state index is 0.0151. The molecule has 254 valence electrons. The van der Waals surface area contributed by atoms with E-state index in [0.717, 1.165) is 36.5 Å². The summed E-state index contributed by atoms with van der Waals surface area (Å²) in [6, 6.07) is 35.7. The van der Waals surface area contributed by atoms with Crippen molar-refractivity contribution in [2.75, 3.05) is 16.0 Å². The maximum Gasteiger partial charge on any atom is 0.232 e. The summed E-state index contributed by atoms with van der Waals surface area (Å²) in [5.74, 6) is 1.88. The minimum atomic E-state index is -0.477. The average molecular weight is 661 g/mol. The summed E-state index contributed by atoms with van der Waals surface area (Å²) in [5, 5.41) is 10.7. The van der Waals surface area contributed by atoms with Crippen molar-refractivity contribution in [3.63, 3.8) is 0 Å². The maximum atomic E-state index is 4.91. The number of anilines is 4. The lowest BCUT2D eigenvalue weighted by molar-refractivity contribution is 0.472. The van der Waals surface area contributed by atoms with Crippen LogP contribution in [0.5, 0.6) is 0 Å². The van der Waals surface area contributed by atoms with Crippen molar-refractivity contribution >= 4 is 23.3 Å². The van der Waals surface area contributed by atoms with E-state index in [4.69, 9.17) is 15.0 Å². The summed E-state index contributed by atoms with van der Waals surface area (Å²) in [6.07, 6.45) is 11.3. The number of rotatable bonds is 11. The Kier molecular flexibility index (Phi) is 8.81. The van der Waals surface area contributed by atoms with Gasteiger partial charge in [-0.25, -0.2) is 0 Å². The molecule has 0 bridgehead atoms. The van der Waals surface area contributed by atoms with Gasteiger partial charge in [0.1, 0.15) is 5.82 Å². The van der Waals surface area contributed by atoms with Crippen LogP contribution in [0.25, 0.3) is 11.1 Å². The molecule has 0 saturated heterocycles. The lowest BCUT2D eigenvalue weighted by Crippen LogP contribution is -2.30. The minimum Gasteiger partial charge on any atom is -0.380 e. The van der Waals surface area contributed by atoms with Crippen molar-refractivity contribution in [3.05, 3.63) is 149 Å². The van der Waals surface area contributed by atoms with Gasteiger partial charge in [0.05, 0.1) is 11.5 Å². The van der Waals surface area contributed by atoms with Gasteiger partial charge in [-0.3, -0.25) is 0 Å². The molecule has 1 atom stereocenters. The molecule has 3 N–H and O–H groups in total. The molecule has 1 aromatic heterocycles. The number of allylic oxidation sites excluding steroid dienone is 2. The van der Waals surface area contributed by atoms with E-state index in [1.807, 2.05) is 0 Å². The van der Waals surface area contributed by atoms with Gasteiger partial charge in [0, 0.05) is 22.3 Å². The summed E-state index contributed by atoms with van der Waals surface area (Å²) in [6.45, 7) is 13.2. The molecule has 0 fully saturated rings. The van der Waals surface area contributed by atoms with Crippen molar-refractivity contribution in [1.82, 2.24) is 15.0 Å². The molecule has 0 spiro atoms. The molecular weight excluding hydrogens is 613 g/mol. The van der Waals surface area contributed by atoms with Gasteiger partial charge in [-0.1, -0.05) is 125 Å². The third kappa shape index (κ3) is 6.19. The van der Waals surface area contributed by atoms with Crippen molar-refractivity contribution in [2.45, 2.75) is 83.2 Å². The zero-order valence-corrected chi connectivity index (χ0v) is 30.1. The Morgan fingerprint density at radius 1 is 0.660 bits per heavy atom. The number of nitrogens with one attached hydrogen (secondary N) is 3. The third-order valence-corrected chi connectivity index (χ3v) is 10.6. The normalized spacial score (nSPS) is 16.1. The summed E-state index contributed by atoms with van der Waals surface area (Å²) < 4.78 is 0. The number of fused-ring (bicyclic) bond motifs is 3. The first-order valence-corrected chi connectivity index (χ1v) is 17.9. The van der Waals surface area contributed by atoms with Gasteiger partial charge in [-0.2, -0.15) is 15.0 Å². The molecule has 4 aromatic carbocycles. The fourth-order valence-corrected chi connectivity index (χ4v) is 7.05. The van der Waals surface area contributed by atoms with Crippen LogP contribution in [0.2, 0.25) is 0 Å². The van der Waals surface area contributed by atoms with E-state index in [0.29, 0.717) is 11.9 Å². The molecule has 1 heterocycles. The van der Waals surface area contributed by atoms with Crippen LogP contribution in [0.1, 0.15) is 88.9 Å². The zero-order chi connectivity index (χ0) is 34.9. The summed E-state index contributed by atoms with van der Waals surface area (Å²) >= 11 is 0. The van der Waals surface area contributed by atoms with Gasteiger partial charge >= 0.3 is 0 Å². The Morgan fingerprint density at radius 3 is 1.80 bits per heavy atom. The van der Waals surface area contributed by atoms with E-state index in [1.54, 1.807) is 0 Å². The third-order valence-electron chi connectivity index (χ3n) is 10.6. The molecule has 2 aliphatic carbocycles. The highest BCUT2D eigenvalue weighted by atomic mass is 15.2. The molecular formula is C44H48N6. The molecule has 0 saturated carbocycles. The second kappa shape index (κ2) is 13.2. The number of hydrogen-bond donors (Lipinski definition) is 3. The van der Waals surface area contributed by atoms with E-state index < -0.39 is 5.41 Å². The molecule has 5 aromatic rings. The molecule has 1 unspecified atom stereocenters. The summed E-state index contributed by atoms with van der Waals surface area (Å²) in [7, 11) is 0. The van der Waals surface area contributed by atoms with Crippen LogP contribution in [-0.4, -0.2) is 26.5 Å². The first kappa shape index (κ1) is 33.3. The molecule has 0 amide bonds. The second-order valence-electron chi connectivity index (χ2n) is 14.8. The van der Waals surface area contributed by atoms with Gasteiger partial charge < -0.3 is 16.0 Å². The Balaban J connectivity index is 1.28. The van der Waals surface area contributed by atoms with Crippen molar-refractivity contribution in [3.8, 4) is 11.1 Å². The second-order valence-corrected chi connectivity index (χ2v) is 14.8. The Bertz CT molecular complexity index is 1990. The van der Waals surface area contributed by atoms with Crippen molar-refractivity contribution in [2.24, 2.45) is 0 Å². The maximum absolute atomic E-state index is 4.91. The van der Waals surface area contributed by atoms with E-state index in [2.05, 4.69) is 179 Å².